The van der Waals surface area contributed by atoms with E-state index in [0.29, 0.717) is 25.5 Å². The van der Waals surface area contributed by atoms with E-state index in [9.17, 15) is 8.42 Å². The first-order chi connectivity index (χ1) is 10.9. The number of para-hydroxylation sites is 1. The molecular formula is C16H23N3O3S. The molecule has 0 unspecified atom stereocenters. The Morgan fingerprint density at radius 2 is 2.00 bits per heavy atom. The predicted octanol–water partition coefficient (Wildman–Crippen LogP) is 1.84. The van der Waals surface area contributed by atoms with Gasteiger partial charge in [-0.3, -0.25) is 4.99 Å². The number of nitrogens with zero attached hydrogens (tertiary/aromatic N) is 1. The number of hydrogen-bond acceptors (Lipinski definition) is 4. The van der Waals surface area contributed by atoms with Crippen LogP contribution in [0.3, 0.4) is 0 Å². The van der Waals surface area contributed by atoms with Crippen LogP contribution in [0.2, 0.25) is 0 Å². The number of sulfone groups is 1. The fourth-order valence-electron chi connectivity index (χ4n) is 2.32. The largest absolute Gasteiger partial charge is 0.459 e. The van der Waals surface area contributed by atoms with Crippen molar-refractivity contribution >= 4 is 26.8 Å². The molecule has 1 aromatic heterocycles. The molecule has 2 N–H and O–H groups in total. The van der Waals surface area contributed by atoms with Gasteiger partial charge >= 0.3 is 0 Å². The quantitative estimate of drug-likeness (QED) is 0.477. The molecule has 0 amide bonds. The molecule has 0 radical (unpaired) electrons. The SMILES string of the molecule is CN=C(NCCCS(C)(=O)=O)NCc1oc2ccccc2c1C. The predicted molar refractivity (Wildman–Crippen MR) is 93.5 cm³/mol. The summed E-state index contributed by atoms with van der Waals surface area (Å²) in [5, 5.41) is 7.39. The van der Waals surface area contributed by atoms with Gasteiger partial charge in [0.25, 0.3) is 0 Å². The van der Waals surface area contributed by atoms with Crippen LogP contribution >= 0.6 is 0 Å². The molecule has 0 saturated heterocycles. The molecule has 6 nitrogen and oxygen atoms in total. The normalized spacial score (nSPS) is 12.6. The number of hydrogen-bond donors (Lipinski definition) is 2. The Bertz CT molecular complexity index is 794. The zero-order valence-electron chi connectivity index (χ0n) is 13.7. The molecule has 0 aliphatic carbocycles. The molecule has 0 aliphatic heterocycles. The van der Waals surface area contributed by atoms with Crippen LogP contribution in [0.15, 0.2) is 33.7 Å². The lowest BCUT2D eigenvalue weighted by Gasteiger charge is -2.11. The lowest BCUT2D eigenvalue weighted by Crippen LogP contribution is -2.37. The van der Waals surface area contributed by atoms with Gasteiger partial charge < -0.3 is 15.1 Å². The van der Waals surface area contributed by atoms with Crippen molar-refractivity contribution in [2.24, 2.45) is 4.99 Å². The van der Waals surface area contributed by atoms with E-state index in [1.54, 1.807) is 7.05 Å². The summed E-state index contributed by atoms with van der Waals surface area (Å²) in [6, 6.07) is 7.93. The van der Waals surface area contributed by atoms with E-state index >= 15 is 0 Å². The molecule has 2 rings (SSSR count). The number of aryl methyl sites for hydroxylation is 1. The summed E-state index contributed by atoms with van der Waals surface area (Å²) >= 11 is 0. The third-order valence-corrected chi connectivity index (χ3v) is 4.60. The van der Waals surface area contributed by atoms with E-state index in [1.165, 1.54) is 6.26 Å². The fourth-order valence-corrected chi connectivity index (χ4v) is 2.99. The average molecular weight is 337 g/mol. The van der Waals surface area contributed by atoms with Crippen LogP contribution in [-0.4, -0.2) is 40.0 Å². The second-order valence-electron chi connectivity index (χ2n) is 5.48. The highest BCUT2D eigenvalue weighted by molar-refractivity contribution is 7.90. The monoisotopic (exact) mass is 337 g/mol. The minimum atomic E-state index is -2.92. The highest BCUT2D eigenvalue weighted by atomic mass is 32.2. The van der Waals surface area contributed by atoms with Crippen LogP contribution in [0.1, 0.15) is 17.7 Å². The van der Waals surface area contributed by atoms with Crippen molar-refractivity contribution in [1.82, 2.24) is 10.6 Å². The molecular weight excluding hydrogens is 314 g/mol. The van der Waals surface area contributed by atoms with Crippen molar-refractivity contribution in [2.75, 3.05) is 25.6 Å². The highest BCUT2D eigenvalue weighted by Gasteiger charge is 2.10. The van der Waals surface area contributed by atoms with E-state index in [0.717, 1.165) is 22.3 Å². The Labute approximate surface area is 136 Å². The van der Waals surface area contributed by atoms with E-state index in [-0.39, 0.29) is 5.75 Å². The summed E-state index contributed by atoms with van der Waals surface area (Å²) in [7, 11) is -1.24. The molecule has 0 aliphatic rings. The second kappa shape index (κ2) is 7.50. The molecule has 0 spiro atoms. The first-order valence-electron chi connectivity index (χ1n) is 7.50. The van der Waals surface area contributed by atoms with Gasteiger partial charge in [-0.2, -0.15) is 0 Å². The van der Waals surface area contributed by atoms with Crippen molar-refractivity contribution in [1.29, 1.82) is 0 Å². The van der Waals surface area contributed by atoms with Crippen LogP contribution in [-0.2, 0) is 16.4 Å². The first kappa shape index (κ1) is 17.3. The molecule has 23 heavy (non-hydrogen) atoms. The van der Waals surface area contributed by atoms with Crippen LogP contribution in [0.4, 0.5) is 0 Å². The van der Waals surface area contributed by atoms with E-state index in [1.807, 2.05) is 31.2 Å². The molecule has 1 heterocycles. The number of furan rings is 1. The summed E-state index contributed by atoms with van der Waals surface area (Å²) in [5.41, 5.74) is 1.98. The van der Waals surface area contributed by atoms with Gasteiger partial charge in [0.15, 0.2) is 5.96 Å². The van der Waals surface area contributed by atoms with Crippen molar-refractivity contribution in [3.8, 4) is 0 Å². The minimum absolute atomic E-state index is 0.166. The highest BCUT2D eigenvalue weighted by Crippen LogP contribution is 2.24. The summed E-state index contributed by atoms with van der Waals surface area (Å²) < 4.78 is 28.0. The third-order valence-electron chi connectivity index (χ3n) is 3.57. The van der Waals surface area contributed by atoms with Crippen LogP contribution in [0.5, 0.6) is 0 Å². The lowest BCUT2D eigenvalue weighted by atomic mass is 10.1. The molecule has 7 heteroatoms. The third kappa shape index (κ3) is 4.99. The number of benzene rings is 1. The fraction of sp³-hybridized carbons (Fsp3) is 0.438. The number of nitrogens with one attached hydrogen (secondary N) is 2. The molecule has 0 atom stereocenters. The number of rotatable bonds is 6. The van der Waals surface area contributed by atoms with E-state index in [4.69, 9.17) is 4.42 Å². The Morgan fingerprint density at radius 1 is 1.26 bits per heavy atom. The van der Waals surface area contributed by atoms with Gasteiger partial charge in [0, 0.05) is 30.8 Å². The molecule has 0 bridgehead atoms. The Kier molecular flexibility index (Phi) is 5.65. The molecule has 1 aromatic carbocycles. The van der Waals surface area contributed by atoms with Gasteiger partial charge in [0.05, 0.1) is 12.3 Å². The Hall–Kier alpha value is -2.02. The summed E-state index contributed by atoms with van der Waals surface area (Å²) in [4.78, 5) is 4.12. The maximum atomic E-state index is 11.1. The number of guanidine groups is 1. The summed E-state index contributed by atoms with van der Waals surface area (Å²) in [5.74, 6) is 1.66. The van der Waals surface area contributed by atoms with Crippen molar-refractivity contribution in [3.63, 3.8) is 0 Å². The van der Waals surface area contributed by atoms with E-state index in [2.05, 4.69) is 15.6 Å². The van der Waals surface area contributed by atoms with Crippen molar-refractivity contribution < 1.29 is 12.8 Å². The van der Waals surface area contributed by atoms with Gasteiger partial charge in [0.2, 0.25) is 0 Å². The maximum absolute atomic E-state index is 11.1. The lowest BCUT2D eigenvalue weighted by molar-refractivity contribution is 0.534. The van der Waals surface area contributed by atoms with Gasteiger partial charge in [-0.25, -0.2) is 8.42 Å². The van der Waals surface area contributed by atoms with Gasteiger partial charge in [-0.15, -0.1) is 0 Å². The average Bonchev–Trinajstić information content (AvgIpc) is 2.82. The van der Waals surface area contributed by atoms with Gasteiger partial charge in [0.1, 0.15) is 21.2 Å². The Morgan fingerprint density at radius 3 is 2.65 bits per heavy atom. The molecule has 2 aromatic rings. The second-order valence-corrected chi connectivity index (χ2v) is 7.74. The topological polar surface area (TPSA) is 83.7 Å². The van der Waals surface area contributed by atoms with Crippen molar-refractivity contribution in [3.05, 3.63) is 35.6 Å². The maximum Gasteiger partial charge on any atom is 0.191 e. The summed E-state index contributed by atoms with van der Waals surface area (Å²) in [6.45, 7) is 3.10. The molecule has 0 fully saturated rings. The molecule has 0 saturated carbocycles. The zero-order chi connectivity index (χ0) is 16.9. The smallest absolute Gasteiger partial charge is 0.191 e. The zero-order valence-corrected chi connectivity index (χ0v) is 14.5. The molecule has 126 valence electrons. The van der Waals surface area contributed by atoms with Crippen molar-refractivity contribution in [2.45, 2.75) is 19.9 Å². The standard InChI is InChI=1S/C16H23N3O3S/c1-12-13-7-4-5-8-14(13)22-15(12)11-19-16(17-2)18-9-6-10-23(3,20)21/h4-5,7-8H,6,9-11H2,1-3H3,(H2,17,18,19). The summed E-state index contributed by atoms with van der Waals surface area (Å²) in [6.07, 6.45) is 1.79. The number of aliphatic imine (C=N–C) groups is 1. The van der Waals surface area contributed by atoms with Crippen LogP contribution < -0.4 is 10.6 Å². The number of fused-ring (bicyclic) bond motifs is 1. The first-order valence-corrected chi connectivity index (χ1v) is 9.56. The minimum Gasteiger partial charge on any atom is -0.459 e. The van der Waals surface area contributed by atoms with Gasteiger partial charge in [-0.05, 0) is 19.4 Å². The van der Waals surface area contributed by atoms with E-state index < -0.39 is 9.84 Å². The van der Waals surface area contributed by atoms with Gasteiger partial charge in [-0.1, -0.05) is 18.2 Å². The van der Waals surface area contributed by atoms with Crippen LogP contribution in [0.25, 0.3) is 11.0 Å². The van der Waals surface area contributed by atoms with Crippen LogP contribution in [0, 0.1) is 6.92 Å². The Balaban J connectivity index is 1.88.